The Bertz CT molecular complexity index is 492. The van der Waals surface area contributed by atoms with Crippen LogP contribution in [0.2, 0.25) is 0 Å². The minimum Gasteiger partial charge on any atom is -0.388 e. The van der Waals surface area contributed by atoms with Crippen molar-refractivity contribution in [2.24, 2.45) is 0 Å². The van der Waals surface area contributed by atoms with Crippen molar-refractivity contribution in [3.63, 3.8) is 0 Å². The van der Waals surface area contributed by atoms with E-state index in [-0.39, 0.29) is 6.10 Å². The number of aliphatic hydroxyl groups excluding tert-OH is 1. The lowest BCUT2D eigenvalue weighted by Crippen LogP contribution is -2.00. The Kier molecular flexibility index (Phi) is 4.37. The molecule has 0 radical (unpaired) electrons. The molecule has 0 amide bonds. The van der Waals surface area contributed by atoms with E-state index in [0.717, 1.165) is 22.9 Å². The zero-order valence-electron chi connectivity index (χ0n) is 9.69. The molecule has 0 aliphatic carbocycles. The number of hydrogen-bond acceptors (Lipinski definition) is 2. The van der Waals surface area contributed by atoms with Crippen LogP contribution in [-0.2, 0) is 6.42 Å². The molecule has 3 heteroatoms. The molecule has 0 bridgehead atoms. The average molecular weight is 311 g/mol. The largest absolute Gasteiger partial charge is 0.388 e. The predicted molar refractivity (Wildman–Crippen MR) is 76.5 cm³/mol. The van der Waals surface area contributed by atoms with E-state index in [0.29, 0.717) is 0 Å². The molecule has 0 saturated carbocycles. The number of aliphatic hydroxyl groups is 1. The van der Waals surface area contributed by atoms with Gasteiger partial charge in [0.2, 0.25) is 0 Å². The monoisotopic (exact) mass is 310 g/mol. The Hall–Kier alpha value is -0.640. The molecule has 0 aliphatic heterocycles. The predicted octanol–water partition coefficient (Wildman–Crippen LogP) is 4.49. The van der Waals surface area contributed by atoms with Crippen molar-refractivity contribution >= 4 is 27.3 Å². The molecular weight excluding hydrogens is 296 g/mol. The zero-order valence-corrected chi connectivity index (χ0v) is 12.1. The number of benzene rings is 1. The van der Waals surface area contributed by atoms with Gasteiger partial charge in [-0.2, -0.15) is 11.3 Å². The molecule has 1 N–H and O–H groups in total. The van der Waals surface area contributed by atoms with E-state index in [1.54, 1.807) is 11.3 Å². The third kappa shape index (κ3) is 3.18. The van der Waals surface area contributed by atoms with Gasteiger partial charge < -0.3 is 5.11 Å². The summed E-state index contributed by atoms with van der Waals surface area (Å²) >= 11 is 5.07. The van der Waals surface area contributed by atoms with Crippen LogP contribution >= 0.6 is 27.3 Å². The maximum Gasteiger partial charge on any atom is 0.0812 e. The Morgan fingerprint density at radius 1 is 1.29 bits per heavy atom. The molecule has 0 spiro atoms. The second kappa shape index (κ2) is 5.80. The van der Waals surface area contributed by atoms with E-state index in [9.17, 15) is 5.11 Å². The van der Waals surface area contributed by atoms with Crippen molar-refractivity contribution in [3.05, 3.63) is 56.2 Å². The highest BCUT2D eigenvalue weighted by atomic mass is 79.9. The highest BCUT2D eigenvalue weighted by Gasteiger charge is 2.12. The average Bonchev–Trinajstić information content (AvgIpc) is 2.74. The van der Waals surface area contributed by atoms with Crippen molar-refractivity contribution in [1.29, 1.82) is 0 Å². The van der Waals surface area contributed by atoms with Gasteiger partial charge in [0, 0.05) is 15.4 Å². The maximum atomic E-state index is 10.1. The van der Waals surface area contributed by atoms with E-state index in [2.05, 4.69) is 41.1 Å². The maximum absolute atomic E-state index is 10.1. The first-order valence-electron chi connectivity index (χ1n) is 5.62. The fourth-order valence-corrected chi connectivity index (χ4v) is 3.48. The standard InChI is InChI=1S/C14H15BrOS/c1-10-4-2-3-5-11(10)6-7-14(16)12-8-17-9-13(12)15/h2-5,8-9,14,16H,6-7H2,1H3. The number of rotatable bonds is 4. The highest BCUT2D eigenvalue weighted by Crippen LogP contribution is 2.30. The van der Waals surface area contributed by atoms with Crippen LogP contribution < -0.4 is 0 Å². The fourth-order valence-electron chi connectivity index (χ4n) is 1.87. The Labute approximate surface area is 114 Å². The van der Waals surface area contributed by atoms with E-state index >= 15 is 0 Å². The third-order valence-corrected chi connectivity index (χ3v) is 4.70. The van der Waals surface area contributed by atoms with Crippen molar-refractivity contribution in [1.82, 2.24) is 0 Å². The van der Waals surface area contributed by atoms with Gasteiger partial charge in [0.1, 0.15) is 0 Å². The van der Waals surface area contributed by atoms with E-state index in [1.807, 2.05) is 16.8 Å². The van der Waals surface area contributed by atoms with Crippen LogP contribution in [0.15, 0.2) is 39.5 Å². The summed E-state index contributed by atoms with van der Waals surface area (Å²) in [7, 11) is 0. The molecule has 1 heterocycles. The summed E-state index contributed by atoms with van der Waals surface area (Å²) in [5, 5.41) is 14.1. The minimum absolute atomic E-state index is 0.379. The van der Waals surface area contributed by atoms with Gasteiger partial charge in [-0.3, -0.25) is 0 Å². The smallest absolute Gasteiger partial charge is 0.0812 e. The number of thiophene rings is 1. The van der Waals surface area contributed by atoms with Gasteiger partial charge in [-0.1, -0.05) is 24.3 Å². The summed E-state index contributed by atoms with van der Waals surface area (Å²) < 4.78 is 1.01. The van der Waals surface area contributed by atoms with Gasteiger partial charge >= 0.3 is 0 Å². The Balaban J connectivity index is 2.00. The molecule has 1 unspecified atom stereocenters. The molecular formula is C14H15BrOS. The van der Waals surface area contributed by atoms with Crippen LogP contribution in [0.1, 0.15) is 29.2 Å². The van der Waals surface area contributed by atoms with Crippen molar-refractivity contribution < 1.29 is 5.11 Å². The molecule has 1 aromatic heterocycles. The van der Waals surface area contributed by atoms with Crippen molar-refractivity contribution in [2.75, 3.05) is 0 Å². The van der Waals surface area contributed by atoms with Crippen LogP contribution in [0, 0.1) is 6.92 Å². The van der Waals surface area contributed by atoms with Gasteiger partial charge in [-0.15, -0.1) is 0 Å². The first-order valence-corrected chi connectivity index (χ1v) is 7.36. The molecule has 1 aromatic carbocycles. The normalized spacial score (nSPS) is 12.6. The molecule has 1 nitrogen and oxygen atoms in total. The quantitative estimate of drug-likeness (QED) is 0.882. The first kappa shape index (κ1) is 12.8. The molecule has 1 atom stereocenters. The van der Waals surface area contributed by atoms with Gasteiger partial charge in [-0.05, 0) is 52.2 Å². The SMILES string of the molecule is Cc1ccccc1CCC(O)c1cscc1Br. The lowest BCUT2D eigenvalue weighted by molar-refractivity contribution is 0.167. The van der Waals surface area contributed by atoms with Crippen LogP contribution in [0.4, 0.5) is 0 Å². The molecule has 0 saturated heterocycles. The Morgan fingerprint density at radius 3 is 2.71 bits per heavy atom. The van der Waals surface area contributed by atoms with E-state index in [4.69, 9.17) is 0 Å². The molecule has 2 aromatic rings. The molecule has 17 heavy (non-hydrogen) atoms. The van der Waals surface area contributed by atoms with Crippen LogP contribution in [0.5, 0.6) is 0 Å². The highest BCUT2D eigenvalue weighted by molar-refractivity contribution is 9.10. The van der Waals surface area contributed by atoms with Crippen molar-refractivity contribution in [2.45, 2.75) is 25.9 Å². The number of hydrogen-bond donors (Lipinski definition) is 1. The van der Waals surface area contributed by atoms with Crippen molar-refractivity contribution in [3.8, 4) is 0 Å². The third-order valence-electron chi connectivity index (χ3n) is 2.95. The lowest BCUT2D eigenvalue weighted by atomic mass is 10.00. The molecule has 0 aliphatic rings. The van der Waals surface area contributed by atoms with Crippen LogP contribution in [-0.4, -0.2) is 5.11 Å². The van der Waals surface area contributed by atoms with E-state index < -0.39 is 0 Å². The fraction of sp³-hybridized carbons (Fsp3) is 0.286. The molecule has 90 valence electrons. The zero-order chi connectivity index (χ0) is 12.3. The summed E-state index contributed by atoms with van der Waals surface area (Å²) in [5.74, 6) is 0. The summed E-state index contributed by atoms with van der Waals surface area (Å²) in [4.78, 5) is 0. The van der Waals surface area contributed by atoms with Crippen LogP contribution in [0.25, 0.3) is 0 Å². The van der Waals surface area contributed by atoms with Crippen LogP contribution in [0.3, 0.4) is 0 Å². The molecule has 0 fully saturated rings. The topological polar surface area (TPSA) is 20.2 Å². The number of aryl methyl sites for hydroxylation is 2. The Morgan fingerprint density at radius 2 is 2.06 bits per heavy atom. The minimum atomic E-state index is -0.379. The second-order valence-electron chi connectivity index (χ2n) is 4.16. The van der Waals surface area contributed by atoms with Gasteiger partial charge in [0.05, 0.1) is 6.10 Å². The van der Waals surface area contributed by atoms with Gasteiger partial charge in [0.15, 0.2) is 0 Å². The summed E-state index contributed by atoms with van der Waals surface area (Å²) in [6, 6.07) is 8.34. The van der Waals surface area contributed by atoms with Gasteiger partial charge in [0.25, 0.3) is 0 Å². The summed E-state index contributed by atoms with van der Waals surface area (Å²) in [5.41, 5.74) is 3.62. The number of halogens is 1. The first-order chi connectivity index (χ1) is 8.18. The summed E-state index contributed by atoms with van der Waals surface area (Å²) in [6.45, 7) is 2.11. The molecule has 2 rings (SSSR count). The van der Waals surface area contributed by atoms with E-state index in [1.165, 1.54) is 11.1 Å². The van der Waals surface area contributed by atoms with Gasteiger partial charge in [-0.25, -0.2) is 0 Å². The summed E-state index contributed by atoms with van der Waals surface area (Å²) in [6.07, 6.45) is 1.30. The second-order valence-corrected chi connectivity index (χ2v) is 5.75. The lowest BCUT2D eigenvalue weighted by Gasteiger charge is -2.11.